The summed E-state index contributed by atoms with van der Waals surface area (Å²) >= 11 is 6.44. The average molecular weight is 444 g/mol. The van der Waals surface area contributed by atoms with E-state index in [1.54, 1.807) is 42.5 Å². The van der Waals surface area contributed by atoms with Crippen LogP contribution in [-0.2, 0) is 14.8 Å². The summed E-state index contributed by atoms with van der Waals surface area (Å²) in [4.78, 5) is 14.3. The van der Waals surface area contributed by atoms with Crippen LogP contribution in [0.1, 0.15) is 10.4 Å². The van der Waals surface area contributed by atoms with E-state index in [1.807, 2.05) is 4.90 Å². The van der Waals surface area contributed by atoms with Crippen LogP contribution in [0.2, 0.25) is 5.02 Å². The van der Waals surface area contributed by atoms with Crippen LogP contribution < -0.4 is 14.9 Å². The number of hydrogen-bond acceptors (Lipinski definition) is 5. The van der Waals surface area contributed by atoms with Crippen LogP contribution in [0.4, 0.5) is 17.1 Å². The minimum Gasteiger partial charge on any atom is -0.378 e. The largest absolute Gasteiger partial charge is 0.378 e. The molecule has 0 unspecified atom stereocenters. The molecule has 1 fully saturated rings. The molecule has 1 saturated heterocycles. The van der Waals surface area contributed by atoms with Crippen LogP contribution in [0.5, 0.6) is 0 Å². The number of amides is 1. The average Bonchev–Trinajstić information content (AvgIpc) is 3.06. The van der Waals surface area contributed by atoms with E-state index in [9.17, 15) is 13.2 Å². The number of anilines is 3. The first kappa shape index (κ1) is 19.2. The number of ether oxygens (including phenoxy) is 1. The van der Waals surface area contributed by atoms with Gasteiger partial charge in [0.05, 0.1) is 34.5 Å². The molecule has 0 aliphatic carbocycles. The summed E-state index contributed by atoms with van der Waals surface area (Å²) in [7, 11) is -3.95. The predicted molar refractivity (Wildman–Crippen MR) is 117 cm³/mol. The highest BCUT2D eigenvalue weighted by Crippen LogP contribution is 2.39. The third-order valence-corrected chi connectivity index (χ3v) is 7.07. The summed E-state index contributed by atoms with van der Waals surface area (Å²) in [5.41, 5.74) is 2.12. The highest BCUT2D eigenvalue weighted by atomic mass is 35.5. The third-order valence-electron chi connectivity index (χ3n) is 5.34. The molecule has 7 nitrogen and oxygen atoms in total. The van der Waals surface area contributed by atoms with Crippen LogP contribution in [0.3, 0.4) is 0 Å². The second kappa shape index (κ2) is 7.16. The van der Waals surface area contributed by atoms with Crippen molar-refractivity contribution < 1.29 is 17.9 Å². The SMILES string of the molecule is O=C1Nc2ccc(S(=O)(=O)Nc3cccc(Cl)c3N3CCOCC3)c3cccc1c23. The van der Waals surface area contributed by atoms with Gasteiger partial charge < -0.3 is 15.0 Å². The number of nitrogens with one attached hydrogen (secondary N) is 2. The normalized spacial score (nSPS) is 16.0. The number of sulfonamides is 1. The fraction of sp³-hybridized carbons (Fsp3) is 0.190. The Kier molecular flexibility index (Phi) is 4.57. The van der Waals surface area contributed by atoms with Crippen molar-refractivity contribution in [2.45, 2.75) is 4.90 Å². The summed E-state index contributed by atoms with van der Waals surface area (Å²) in [6, 6.07) is 13.3. The van der Waals surface area contributed by atoms with Crippen molar-refractivity contribution in [2.75, 3.05) is 41.2 Å². The summed E-state index contributed by atoms with van der Waals surface area (Å²) < 4.78 is 34.9. The number of halogens is 1. The Hall–Kier alpha value is -2.81. The van der Waals surface area contributed by atoms with E-state index in [4.69, 9.17) is 16.3 Å². The van der Waals surface area contributed by atoms with E-state index in [-0.39, 0.29) is 10.8 Å². The van der Waals surface area contributed by atoms with E-state index in [0.29, 0.717) is 64.7 Å². The van der Waals surface area contributed by atoms with Crippen molar-refractivity contribution in [1.29, 1.82) is 0 Å². The highest BCUT2D eigenvalue weighted by molar-refractivity contribution is 7.93. The van der Waals surface area contributed by atoms with Gasteiger partial charge in [-0.25, -0.2) is 8.42 Å². The Bertz CT molecular complexity index is 1290. The summed E-state index contributed by atoms with van der Waals surface area (Å²) in [5.74, 6) is -0.234. The summed E-state index contributed by atoms with van der Waals surface area (Å²) in [5, 5.41) is 4.34. The molecule has 3 aromatic rings. The molecule has 9 heteroatoms. The van der Waals surface area contributed by atoms with Gasteiger partial charge in [-0.3, -0.25) is 9.52 Å². The second-order valence-corrected chi connectivity index (χ2v) is 9.19. The van der Waals surface area contributed by atoms with E-state index >= 15 is 0 Å². The Morgan fingerprint density at radius 2 is 1.80 bits per heavy atom. The molecule has 0 bridgehead atoms. The maximum atomic E-state index is 13.4. The molecular weight excluding hydrogens is 426 g/mol. The lowest BCUT2D eigenvalue weighted by atomic mass is 10.1. The third kappa shape index (κ3) is 3.08. The zero-order valence-electron chi connectivity index (χ0n) is 15.8. The van der Waals surface area contributed by atoms with Gasteiger partial charge in [0, 0.05) is 35.1 Å². The molecule has 5 rings (SSSR count). The molecule has 0 spiro atoms. The van der Waals surface area contributed by atoms with Gasteiger partial charge in [-0.1, -0.05) is 29.8 Å². The van der Waals surface area contributed by atoms with Crippen molar-refractivity contribution in [3.63, 3.8) is 0 Å². The number of benzene rings is 3. The zero-order valence-corrected chi connectivity index (χ0v) is 17.4. The van der Waals surface area contributed by atoms with Crippen molar-refractivity contribution >= 4 is 55.4 Å². The molecular formula is C21H18ClN3O4S. The Labute approximate surface area is 178 Å². The number of para-hydroxylation sites is 1. The minimum absolute atomic E-state index is 0.104. The van der Waals surface area contributed by atoms with Crippen LogP contribution in [0.25, 0.3) is 10.8 Å². The first-order valence-corrected chi connectivity index (χ1v) is 11.3. The smallest absolute Gasteiger partial charge is 0.262 e. The lowest BCUT2D eigenvalue weighted by Gasteiger charge is -2.31. The van der Waals surface area contributed by atoms with E-state index in [2.05, 4.69) is 10.0 Å². The molecule has 30 heavy (non-hydrogen) atoms. The molecule has 3 aromatic carbocycles. The van der Waals surface area contributed by atoms with E-state index in [0.717, 1.165) is 0 Å². The van der Waals surface area contributed by atoms with Crippen LogP contribution in [0.15, 0.2) is 53.4 Å². The van der Waals surface area contributed by atoms with Gasteiger partial charge in [0.25, 0.3) is 15.9 Å². The van der Waals surface area contributed by atoms with Crippen molar-refractivity contribution in [3.05, 3.63) is 59.1 Å². The fourth-order valence-electron chi connectivity index (χ4n) is 4.00. The van der Waals surface area contributed by atoms with E-state index in [1.165, 1.54) is 6.07 Å². The van der Waals surface area contributed by atoms with Gasteiger partial charge in [-0.05, 0) is 30.3 Å². The molecule has 154 valence electrons. The number of hydrogen-bond donors (Lipinski definition) is 2. The molecule has 0 atom stereocenters. The Balaban J connectivity index is 1.60. The van der Waals surface area contributed by atoms with Gasteiger partial charge in [-0.2, -0.15) is 0 Å². The van der Waals surface area contributed by atoms with Crippen LogP contribution >= 0.6 is 11.6 Å². The zero-order chi connectivity index (χ0) is 20.9. The van der Waals surface area contributed by atoms with Gasteiger partial charge in [-0.15, -0.1) is 0 Å². The van der Waals surface area contributed by atoms with Crippen molar-refractivity contribution in [1.82, 2.24) is 0 Å². The van der Waals surface area contributed by atoms with Gasteiger partial charge in [0.1, 0.15) is 0 Å². The van der Waals surface area contributed by atoms with Gasteiger partial charge >= 0.3 is 0 Å². The standard InChI is InChI=1S/C21H18ClN3O4S/c22-15-5-2-6-17(20(15)25-9-11-29-12-10-25)24-30(27,28)18-8-7-16-19-13(18)3-1-4-14(19)21(26)23-16/h1-8,24H,9-12H2,(H,23,26). The topological polar surface area (TPSA) is 87.7 Å². The fourth-order valence-corrected chi connectivity index (χ4v) is 5.57. The Morgan fingerprint density at radius 3 is 2.60 bits per heavy atom. The lowest BCUT2D eigenvalue weighted by molar-refractivity contribution is 0.103. The quantitative estimate of drug-likeness (QED) is 0.642. The first-order valence-electron chi connectivity index (χ1n) is 9.47. The monoisotopic (exact) mass is 443 g/mol. The number of nitrogens with zero attached hydrogens (tertiary/aromatic N) is 1. The highest BCUT2D eigenvalue weighted by Gasteiger charge is 2.27. The second-order valence-electron chi connectivity index (χ2n) is 7.13. The molecule has 1 amide bonds. The number of morpholine rings is 1. The minimum atomic E-state index is -3.95. The van der Waals surface area contributed by atoms with Crippen molar-refractivity contribution in [2.24, 2.45) is 0 Å². The van der Waals surface area contributed by atoms with Crippen LogP contribution in [0, 0.1) is 0 Å². The lowest BCUT2D eigenvalue weighted by Crippen LogP contribution is -2.37. The molecule has 2 aliphatic rings. The molecule has 2 N–H and O–H groups in total. The number of carbonyl (C=O) groups excluding carboxylic acids is 1. The molecule has 0 radical (unpaired) electrons. The molecule has 2 aliphatic heterocycles. The summed E-state index contributed by atoms with van der Waals surface area (Å²) in [6.45, 7) is 2.33. The van der Waals surface area contributed by atoms with Gasteiger partial charge in [0.2, 0.25) is 0 Å². The van der Waals surface area contributed by atoms with E-state index < -0.39 is 10.0 Å². The first-order chi connectivity index (χ1) is 14.5. The number of carbonyl (C=O) groups is 1. The van der Waals surface area contributed by atoms with Crippen LogP contribution in [-0.4, -0.2) is 40.6 Å². The van der Waals surface area contributed by atoms with Crippen molar-refractivity contribution in [3.8, 4) is 0 Å². The predicted octanol–water partition coefficient (Wildman–Crippen LogP) is 3.70. The molecule has 0 saturated carbocycles. The Morgan fingerprint density at radius 1 is 1.03 bits per heavy atom. The summed E-state index contributed by atoms with van der Waals surface area (Å²) in [6.07, 6.45) is 0. The maximum absolute atomic E-state index is 13.4. The molecule has 0 aromatic heterocycles. The molecule has 2 heterocycles. The van der Waals surface area contributed by atoms with Gasteiger partial charge in [0.15, 0.2) is 0 Å². The number of rotatable bonds is 4. The maximum Gasteiger partial charge on any atom is 0.262 e.